The summed E-state index contributed by atoms with van der Waals surface area (Å²) in [5, 5.41) is 13.8. The van der Waals surface area contributed by atoms with Crippen molar-refractivity contribution in [2.24, 2.45) is 0 Å². The molecule has 0 aliphatic rings. The molecule has 0 spiro atoms. The summed E-state index contributed by atoms with van der Waals surface area (Å²) in [7, 11) is 0. The zero-order valence-corrected chi connectivity index (χ0v) is 16.9. The standard InChI is InChI=1S/C20H24N2O5S/c1-20(2,3)27-19(25)22-18-21-16(13-28-18)15(17(23)24)10-7-11-26-12-14-8-5-4-6-9-14/h4-6,8-10,13H,7,11-12H2,1-3H3,(H,23,24)(H,21,22,25)/b15-10+. The Hall–Kier alpha value is -2.71. The number of carboxylic acid groups (broad SMARTS) is 1. The monoisotopic (exact) mass is 404 g/mol. The maximum Gasteiger partial charge on any atom is 0.413 e. The number of hydrogen-bond donors (Lipinski definition) is 2. The highest BCUT2D eigenvalue weighted by atomic mass is 32.1. The van der Waals surface area contributed by atoms with Crippen LogP contribution >= 0.6 is 11.3 Å². The number of aromatic nitrogens is 1. The molecule has 0 saturated heterocycles. The first-order valence-electron chi connectivity index (χ1n) is 8.75. The third-order valence-electron chi connectivity index (χ3n) is 3.34. The minimum Gasteiger partial charge on any atom is -0.478 e. The van der Waals surface area contributed by atoms with Crippen LogP contribution in [-0.2, 0) is 20.9 Å². The smallest absolute Gasteiger partial charge is 0.413 e. The fraction of sp³-hybridized carbons (Fsp3) is 0.350. The fourth-order valence-electron chi connectivity index (χ4n) is 2.20. The number of carbonyl (C=O) groups is 2. The van der Waals surface area contributed by atoms with Crippen molar-refractivity contribution < 1.29 is 24.2 Å². The van der Waals surface area contributed by atoms with Crippen molar-refractivity contribution in [3.63, 3.8) is 0 Å². The van der Waals surface area contributed by atoms with Crippen molar-refractivity contribution >= 4 is 34.1 Å². The lowest BCUT2D eigenvalue weighted by molar-refractivity contribution is -0.130. The van der Waals surface area contributed by atoms with Gasteiger partial charge in [0.25, 0.3) is 0 Å². The number of benzene rings is 1. The number of ether oxygens (including phenoxy) is 2. The third kappa shape index (κ3) is 7.50. The van der Waals surface area contributed by atoms with Crippen molar-refractivity contribution in [1.29, 1.82) is 0 Å². The summed E-state index contributed by atoms with van der Waals surface area (Å²) >= 11 is 1.13. The molecule has 2 N–H and O–H groups in total. The van der Waals surface area contributed by atoms with Gasteiger partial charge in [-0.2, -0.15) is 0 Å². The molecule has 2 aromatic rings. The van der Waals surface area contributed by atoms with Crippen LogP contribution in [0.4, 0.5) is 9.93 Å². The number of hydrogen-bond acceptors (Lipinski definition) is 6. The van der Waals surface area contributed by atoms with Crippen molar-refractivity contribution in [3.05, 3.63) is 53.0 Å². The molecule has 0 aliphatic heterocycles. The summed E-state index contributed by atoms with van der Waals surface area (Å²) in [6, 6.07) is 9.74. The average molecular weight is 404 g/mol. The molecular formula is C20H24N2O5S. The zero-order valence-electron chi connectivity index (χ0n) is 16.1. The van der Waals surface area contributed by atoms with Crippen LogP contribution in [-0.4, -0.2) is 34.4 Å². The lowest BCUT2D eigenvalue weighted by Gasteiger charge is -2.18. The third-order valence-corrected chi connectivity index (χ3v) is 4.10. The predicted molar refractivity (Wildman–Crippen MR) is 108 cm³/mol. The maximum absolute atomic E-state index is 11.8. The molecule has 28 heavy (non-hydrogen) atoms. The number of amides is 1. The number of aliphatic carboxylic acids is 1. The van der Waals surface area contributed by atoms with Crippen LogP contribution in [0.2, 0.25) is 0 Å². The lowest BCUT2D eigenvalue weighted by Crippen LogP contribution is -2.27. The fourth-order valence-corrected chi connectivity index (χ4v) is 2.89. The Kier molecular flexibility index (Phi) is 7.71. The van der Waals surface area contributed by atoms with E-state index in [0.29, 0.717) is 19.6 Å². The Morgan fingerprint density at radius 2 is 1.96 bits per heavy atom. The van der Waals surface area contributed by atoms with Crippen LogP contribution in [0.1, 0.15) is 38.4 Å². The molecule has 1 amide bonds. The Morgan fingerprint density at radius 3 is 2.61 bits per heavy atom. The maximum atomic E-state index is 11.8. The molecule has 0 radical (unpaired) electrons. The van der Waals surface area contributed by atoms with Crippen LogP contribution in [0.3, 0.4) is 0 Å². The summed E-state index contributed by atoms with van der Waals surface area (Å²) in [5.41, 5.74) is 0.779. The summed E-state index contributed by atoms with van der Waals surface area (Å²) in [6.07, 6.45) is 1.36. The summed E-state index contributed by atoms with van der Waals surface area (Å²) in [6.45, 7) is 6.12. The van der Waals surface area contributed by atoms with E-state index in [9.17, 15) is 14.7 Å². The zero-order chi connectivity index (χ0) is 20.6. The minimum absolute atomic E-state index is 0.0665. The Balaban J connectivity index is 1.90. The molecule has 0 bridgehead atoms. The highest BCUT2D eigenvalue weighted by Gasteiger charge is 2.19. The SMILES string of the molecule is CC(C)(C)OC(=O)Nc1nc(/C(=C\CCOCc2ccccc2)C(=O)O)cs1. The van der Waals surface area contributed by atoms with Gasteiger partial charge in [-0.3, -0.25) is 5.32 Å². The second kappa shape index (κ2) is 10.0. The number of thiazole rings is 1. The van der Waals surface area contributed by atoms with E-state index in [1.165, 1.54) is 0 Å². The van der Waals surface area contributed by atoms with E-state index in [2.05, 4.69) is 10.3 Å². The van der Waals surface area contributed by atoms with Crippen molar-refractivity contribution in [2.75, 3.05) is 11.9 Å². The number of anilines is 1. The molecule has 0 fully saturated rings. The van der Waals surface area contributed by atoms with Crippen molar-refractivity contribution in [1.82, 2.24) is 4.98 Å². The van der Waals surface area contributed by atoms with Crippen LogP contribution in [0.25, 0.3) is 5.57 Å². The molecular weight excluding hydrogens is 380 g/mol. The molecule has 1 heterocycles. The van der Waals surface area contributed by atoms with E-state index in [0.717, 1.165) is 16.9 Å². The second-order valence-corrected chi connectivity index (χ2v) is 7.77. The molecule has 8 heteroatoms. The van der Waals surface area contributed by atoms with Crippen LogP contribution in [0.15, 0.2) is 41.8 Å². The minimum atomic E-state index is -1.09. The van der Waals surface area contributed by atoms with Crippen LogP contribution in [0, 0.1) is 0 Å². The normalized spacial score (nSPS) is 11.9. The molecule has 1 aromatic heterocycles. The van der Waals surface area contributed by atoms with E-state index in [-0.39, 0.29) is 16.4 Å². The van der Waals surface area contributed by atoms with Gasteiger partial charge in [0.2, 0.25) is 0 Å². The Morgan fingerprint density at radius 1 is 1.25 bits per heavy atom. The summed E-state index contributed by atoms with van der Waals surface area (Å²) in [4.78, 5) is 27.5. The molecule has 2 rings (SSSR count). The number of rotatable bonds is 8. The number of nitrogens with one attached hydrogen (secondary N) is 1. The van der Waals surface area contributed by atoms with Gasteiger partial charge in [-0.25, -0.2) is 14.6 Å². The van der Waals surface area contributed by atoms with Gasteiger partial charge in [-0.1, -0.05) is 36.4 Å². The molecule has 150 valence electrons. The second-order valence-electron chi connectivity index (χ2n) is 6.91. The van der Waals surface area contributed by atoms with E-state index in [1.807, 2.05) is 30.3 Å². The Labute approximate surface area is 168 Å². The largest absolute Gasteiger partial charge is 0.478 e. The first-order valence-corrected chi connectivity index (χ1v) is 9.63. The number of nitrogens with zero attached hydrogens (tertiary/aromatic N) is 1. The van der Waals surface area contributed by atoms with Crippen molar-refractivity contribution in [2.45, 2.75) is 39.4 Å². The van der Waals surface area contributed by atoms with Gasteiger partial charge >= 0.3 is 12.1 Å². The van der Waals surface area contributed by atoms with E-state index < -0.39 is 17.7 Å². The van der Waals surface area contributed by atoms with E-state index >= 15 is 0 Å². The summed E-state index contributed by atoms with van der Waals surface area (Å²) in [5.74, 6) is -1.09. The molecule has 0 aliphatic carbocycles. The lowest BCUT2D eigenvalue weighted by atomic mass is 10.2. The quantitative estimate of drug-likeness (QED) is 0.494. The first-order chi connectivity index (χ1) is 13.2. The Bertz CT molecular complexity index is 825. The van der Waals surface area contributed by atoms with Crippen LogP contribution in [0.5, 0.6) is 0 Å². The van der Waals surface area contributed by atoms with E-state index in [1.54, 1.807) is 32.2 Å². The van der Waals surface area contributed by atoms with Gasteiger partial charge in [0.05, 0.1) is 24.5 Å². The average Bonchev–Trinajstić information content (AvgIpc) is 3.04. The molecule has 1 aromatic carbocycles. The molecule has 7 nitrogen and oxygen atoms in total. The van der Waals surface area contributed by atoms with Gasteiger partial charge in [0.1, 0.15) is 5.60 Å². The number of carboxylic acids is 1. The van der Waals surface area contributed by atoms with Gasteiger partial charge < -0.3 is 14.6 Å². The first kappa shape index (κ1) is 21.6. The molecule has 0 atom stereocenters. The van der Waals surface area contributed by atoms with Gasteiger partial charge in [0, 0.05) is 5.38 Å². The van der Waals surface area contributed by atoms with Gasteiger partial charge in [-0.05, 0) is 32.8 Å². The van der Waals surface area contributed by atoms with Gasteiger partial charge in [0.15, 0.2) is 5.13 Å². The highest BCUT2D eigenvalue weighted by molar-refractivity contribution is 7.14. The number of carbonyl (C=O) groups excluding carboxylic acids is 1. The van der Waals surface area contributed by atoms with E-state index in [4.69, 9.17) is 9.47 Å². The predicted octanol–water partition coefficient (Wildman–Crippen LogP) is 4.57. The van der Waals surface area contributed by atoms with Crippen molar-refractivity contribution in [3.8, 4) is 0 Å². The topological polar surface area (TPSA) is 97.8 Å². The molecule has 0 saturated carbocycles. The summed E-state index contributed by atoms with van der Waals surface area (Å²) < 4.78 is 10.7. The molecule has 0 unspecified atom stereocenters. The highest BCUT2D eigenvalue weighted by Crippen LogP contribution is 2.23. The van der Waals surface area contributed by atoms with Gasteiger partial charge in [-0.15, -0.1) is 11.3 Å². The van der Waals surface area contributed by atoms with Crippen LogP contribution < -0.4 is 5.32 Å².